The van der Waals surface area contributed by atoms with Crippen LogP contribution in [0.5, 0.6) is 0 Å². The third-order valence-electron chi connectivity index (χ3n) is 3.55. The summed E-state index contributed by atoms with van der Waals surface area (Å²) in [6.45, 7) is 3.59. The first-order valence-corrected chi connectivity index (χ1v) is 7.79. The third kappa shape index (κ3) is 3.36. The number of amides is 1. The molecule has 1 saturated heterocycles. The first-order valence-electron chi connectivity index (χ1n) is 6.97. The van der Waals surface area contributed by atoms with Crippen LogP contribution in [0.4, 0.5) is 11.1 Å². The van der Waals surface area contributed by atoms with E-state index in [-0.39, 0.29) is 11.8 Å². The number of aryl methyl sites for hydroxylation is 1. The molecule has 1 aliphatic heterocycles. The minimum Gasteiger partial charge on any atom is -0.341 e. The van der Waals surface area contributed by atoms with E-state index >= 15 is 0 Å². The molecule has 3 heterocycles. The number of hydrogen-bond acceptors (Lipinski definition) is 6. The molecule has 0 aromatic carbocycles. The highest BCUT2D eigenvalue weighted by Crippen LogP contribution is 2.23. The van der Waals surface area contributed by atoms with Gasteiger partial charge >= 0.3 is 0 Å². The molecule has 0 bridgehead atoms. The highest BCUT2D eigenvalue weighted by molar-refractivity contribution is 7.15. The first-order chi connectivity index (χ1) is 10.2. The Morgan fingerprint density at radius 2 is 2.00 bits per heavy atom. The summed E-state index contributed by atoms with van der Waals surface area (Å²) in [6.07, 6.45) is 6.89. The van der Waals surface area contributed by atoms with Crippen molar-refractivity contribution in [2.75, 3.05) is 23.3 Å². The van der Waals surface area contributed by atoms with Gasteiger partial charge in [0.25, 0.3) is 0 Å². The van der Waals surface area contributed by atoms with Crippen LogP contribution in [0, 0.1) is 12.8 Å². The molecule has 6 nitrogen and oxygen atoms in total. The van der Waals surface area contributed by atoms with Crippen molar-refractivity contribution in [1.29, 1.82) is 0 Å². The van der Waals surface area contributed by atoms with Crippen LogP contribution >= 0.6 is 11.3 Å². The standard InChI is InChI=1S/C14H17N5OS/c1-10-9-17-14(21-10)18-12(20)11-3-7-19(8-4-11)13-15-5-2-6-16-13/h2,5-6,9,11H,3-4,7-8H2,1H3,(H,17,18,20). The van der Waals surface area contributed by atoms with E-state index in [0.717, 1.165) is 36.8 Å². The van der Waals surface area contributed by atoms with Gasteiger partial charge in [0.2, 0.25) is 11.9 Å². The molecule has 0 radical (unpaired) electrons. The number of piperidine rings is 1. The molecule has 1 amide bonds. The maximum Gasteiger partial charge on any atom is 0.229 e. The van der Waals surface area contributed by atoms with Gasteiger partial charge in [-0.15, -0.1) is 11.3 Å². The van der Waals surface area contributed by atoms with Crippen molar-refractivity contribution in [2.24, 2.45) is 5.92 Å². The lowest BCUT2D eigenvalue weighted by atomic mass is 9.96. The predicted molar refractivity (Wildman–Crippen MR) is 82.4 cm³/mol. The fourth-order valence-corrected chi connectivity index (χ4v) is 3.08. The van der Waals surface area contributed by atoms with Gasteiger partial charge in [0.15, 0.2) is 5.13 Å². The summed E-state index contributed by atoms with van der Waals surface area (Å²) in [5.74, 6) is 0.846. The largest absolute Gasteiger partial charge is 0.341 e. The van der Waals surface area contributed by atoms with E-state index in [1.165, 1.54) is 11.3 Å². The summed E-state index contributed by atoms with van der Waals surface area (Å²) in [7, 11) is 0. The lowest BCUT2D eigenvalue weighted by Gasteiger charge is -2.30. The minimum absolute atomic E-state index is 0.0363. The predicted octanol–water partition coefficient (Wildman–Crippen LogP) is 2.10. The molecule has 21 heavy (non-hydrogen) atoms. The van der Waals surface area contributed by atoms with Gasteiger partial charge in [0, 0.05) is 42.5 Å². The highest BCUT2D eigenvalue weighted by atomic mass is 32.1. The van der Waals surface area contributed by atoms with Gasteiger partial charge in [-0.25, -0.2) is 15.0 Å². The van der Waals surface area contributed by atoms with Crippen molar-refractivity contribution >= 4 is 28.3 Å². The normalized spacial score (nSPS) is 16.0. The summed E-state index contributed by atoms with van der Waals surface area (Å²) in [5.41, 5.74) is 0. The van der Waals surface area contributed by atoms with Crippen LogP contribution in [-0.2, 0) is 4.79 Å². The fraction of sp³-hybridized carbons (Fsp3) is 0.429. The maximum absolute atomic E-state index is 12.2. The highest BCUT2D eigenvalue weighted by Gasteiger charge is 2.26. The summed E-state index contributed by atoms with van der Waals surface area (Å²) in [6, 6.07) is 1.81. The Bertz CT molecular complexity index is 607. The average molecular weight is 303 g/mol. The van der Waals surface area contributed by atoms with Crippen LogP contribution in [0.2, 0.25) is 0 Å². The molecule has 3 rings (SSSR count). The number of carbonyl (C=O) groups is 1. The van der Waals surface area contributed by atoms with E-state index in [2.05, 4.69) is 25.2 Å². The SMILES string of the molecule is Cc1cnc(NC(=O)C2CCN(c3ncccn3)CC2)s1. The Hall–Kier alpha value is -2.02. The molecular formula is C14H17N5OS. The molecule has 0 spiro atoms. The second-order valence-corrected chi connectivity index (χ2v) is 6.31. The van der Waals surface area contributed by atoms with Gasteiger partial charge < -0.3 is 10.2 Å². The molecule has 1 N–H and O–H groups in total. The molecule has 110 valence electrons. The van der Waals surface area contributed by atoms with Crippen LogP contribution < -0.4 is 10.2 Å². The van der Waals surface area contributed by atoms with Gasteiger partial charge in [0.1, 0.15) is 0 Å². The number of nitrogens with zero attached hydrogens (tertiary/aromatic N) is 4. The molecule has 7 heteroatoms. The van der Waals surface area contributed by atoms with Crippen molar-refractivity contribution in [3.63, 3.8) is 0 Å². The number of anilines is 2. The number of thiazole rings is 1. The van der Waals surface area contributed by atoms with Crippen molar-refractivity contribution in [1.82, 2.24) is 15.0 Å². The van der Waals surface area contributed by atoms with E-state index in [9.17, 15) is 4.79 Å². The van der Waals surface area contributed by atoms with E-state index in [1.54, 1.807) is 24.7 Å². The molecule has 1 aliphatic rings. The lowest BCUT2D eigenvalue weighted by molar-refractivity contribution is -0.120. The molecule has 0 atom stereocenters. The summed E-state index contributed by atoms with van der Waals surface area (Å²) >= 11 is 1.50. The Labute approximate surface area is 127 Å². The van der Waals surface area contributed by atoms with Crippen molar-refractivity contribution < 1.29 is 4.79 Å². The molecule has 0 unspecified atom stereocenters. The summed E-state index contributed by atoms with van der Waals surface area (Å²) < 4.78 is 0. The molecule has 0 aliphatic carbocycles. The second-order valence-electron chi connectivity index (χ2n) is 5.08. The summed E-state index contributed by atoms with van der Waals surface area (Å²) in [4.78, 5) is 28.1. The molecule has 1 fully saturated rings. The van der Waals surface area contributed by atoms with Crippen LogP contribution in [0.1, 0.15) is 17.7 Å². The van der Waals surface area contributed by atoms with E-state index in [4.69, 9.17) is 0 Å². The molecule has 0 saturated carbocycles. The van der Waals surface area contributed by atoms with Crippen LogP contribution in [0.25, 0.3) is 0 Å². The van der Waals surface area contributed by atoms with Gasteiger partial charge in [-0.1, -0.05) is 0 Å². The van der Waals surface area contributed by atoms with Crippen LogP contribution in [0.3, 0.4) is 0 Å². The Kier molecular flexibility index (Phi) is 4.10. The average Bonchev–Trinajstić information content (AvgIpc) is 2.93. The number of rotatable bonds is 3. The minimum atomic E-state index is 0.0363. The van der Waals surface area contributed by atoms with Gasteiger partial charge in [-0.05, 0) is 25.8 Å². The van der Waals surface area contributed by atoms with Gasteiger partial charge in [-0.2, -0.15) is 0 Å². The quantitative estimate of drug-likeness (QED) is 0.940. The second kappa shape index (κ2) is 6.17. The van der Waals surface area contributed by atoms with Crippen LogP contribution in [0.15, 0.2) is 24.7 Å². The molecular weight excluding hydrogens is 286 g/mol. The topological polar surface area (TPSA) is 71.0 Å². The van der Waals surface area contributed by atoms with Gasteiger partial charge in [-0.3, -0.25) is 4.79 Å². The number of carbonyl (C=O) groups excluding carboxylic acids is 1. The van der Waals surface area contributed by atoms with E-state index in [1.807, 2.05) is 6.92 Å². The Morgan fingerprint density at radius 1 is 1.29 bits per heavy atom. The monoisotopic (exact) mass is 303 g/mol. The number of hydrogen-bond donors (Lipinski definition) is 1. The smallest absolute Gasteiger partial charge is 0.229 e. The van der Waals surface area contributed by atoms with Gasteiger partial charge in [0.05, 0.1) is 0 Å². The third-order valence-corrected chi connectivity index (χ3v) is 4.38. The zero-order chi connectivity index (χ0) is 14.7. The number of aromatic nitrogens is 3. The van der Waals surface area contributed by atoms with E-state index < -0.39 is 0 Å². The zero-order valence-corrected chi connectivity index (χ0v) is 12.6. The van der Waals surface area contributed by atoms with Crippen molar-refractivity contribution in [3.8, 4) is 0 Å². The zero-order valence-electron chi connectivity index (χ0n) is 11.8. The fourth-order valence-electron chi connectivity index (χ4n) is 2.42. The van der Waals surface area contributed by atoms with Crippen LogP contribution in [-0.4, -0.2) is 33.9 Å². The lowest BCUT2D eigenvalue weighted by Crippen LogP contribution is -2.38. The Morgan fingerprint density at radius 3 is 2.62 bits per heavy atom. The van der Waals surface area contributed by atoms with Crippen molar-refractivity contribution in [2.45, 2.75) is 19.8 Å². The number of nitrogens with one attached hydrogen (secondary N) is 1. The van der Waals surface area contributed by atoms with Crippen molar-refractivity contribution in [3.05, 3.63) is 29.5 Å². The van der Waals surface area contributed by atoms with E-state index in [0.29, 0.717) is 5.13 Å². The first kappa shape index (κ1) is 13.9. The Balaban J connectivity index is 1.54. The molecule has 2 aromatic heterocycles. The molecule has 2 aromatic rings. The maximum atomic E-state index is 12.2. The summed E-state index contributed by atoms with van der Waals surface area (Å²) in [5, 5.41) is 3.59.